The minimum absolute atomic E-state index is 0.0426. The molecule has 0 N–H and O–H groups in total. The predicted molar refractivity (Wildman–Crippen MR) is 128 cm³/mol. The lowest BCUT2D eigenvalue weighted by atomic mass is 9.67. The molecule has 1 aromatic carbocycles. The first kappa shape index (κ1) is 23.5. The molecule has 0 amide bonds. The fourth-order valence-electron chi connectivity index (χ4n) is 6.70. The Kier molecular flexibility index (Phi) is 7.70. The van der Waals surface area contributed by atoms with E-state index in [0.29, 0.717) is 18.9 Å². The Morgan fingerprint density at radius 2 is 1.81 bits per heavy atom. The fraction of sp³-hybridized carbons (Fsp3) is 0.714. The molecule has 3 aliphatic carbocycles. The van der Waals surface area contributed by atoms with E-state index in [1.165, 1.54) is 30.4 Å². The molecule has 0 aliphatic heterocycles. The van der Waals surface area contributed by atoms with E-state index in [0.717, 1.165) is 70.2 Å². The summed E-state index contributed by atoms with van der Waals surface area (Å²) in [4.78, 5) is 28.2. The van der Waals surface area contributed by atoms with E-state index in [9.17, 15) is 9.59 Å². The molecular formula is C28H41NO3. The molecule has 32 heavy (non-hydrogen) atoms. The molecule has 3 aliphatic rings. The Hall–Kier alpha value is -1.68. The summed E-state index contributed by atoms with van der Waals surface area (Å²) in [6, 6.07) is 6.98. The number of benzene rings is 1. The van der Waals surface area contributed by atoms with Crippen molar-refractivity contribution in [2.45, 2.75) is 96.4 Å². The highest BCUT2D eigenvalue weighted by atomic mass is 16.4. The number of ketones is 2. The fourth-order valence-corrected chi connectivity index (χ4v) is 6.70. The smallest absolute Gasteiger partial charge is 0.143 e. The van der Waals surface area contributed by atoms with Crippen LogP contribution in [0.2, 0.25) is 0 Å². The first-order chi connectivity index (χ1) is 15.5. The molecule has 0 unspecified atom stereocenters. The van der Waals surface area contributed by atoms with Gasteiger partial charge in [0.05, 0.1) is 13.0 Å². The highest BCUT2D eigenvalue weighted by molar-refractivity contribution is 6.05. The molecule has 4 nitrogen and oxygen atoms in total. The molecule has 4 rings (SSSR count). The summed E-state index contributed by atoms with van der Waals surface area (Å²) in [5.41, 5.74) is 2.86. The molecule has 0 radical (unpaired) electrons. The van der Waals surface area contributed by atoms with Crippen LogP contribution >= 0.6 is 0 Å². The summed E-state index contributed by atoms with van der Waals surface area (Å²) >= 11 is 0. The Labute approximate surface area is 194 Å². The van der Waals surface area contributed by atoms with E-state index in [1.807, 2.05) is 0 Å². The van der Waals surface area contributed by atoms with Gasteiger partial charge in [0.2, 0.25) is 0 Å². The van der Waals surface area contributed by atoms with Gasteiger partial charge in [-0.25, -0.2) is 0 Å². The first-order valence-corrected chi connectivity index (χ1v) is 13.0. The number of carbonyl (C=O) groups excluding carboxylic acids is 2. The van der Waals surface area contributed by atoms with Crippen molar-refractivity contribution in [2.24, 2.45) is 11.3 Å². The van der Waals surface area contributed by atoms with Gasteiger partial charge in [0.1, 0.15) is 17.3 Å². The number of aryl methyl sites for hydroxylation is 1. The zero-order valence-corrected chi connectivity index (χ0v) is 20.2. The van der Waals surface area contributed by atoms with E-state index in [2.05, 4.69) is 30.0 Å². The topological polar surface area (TPSA) is 46.6 Å². The largest absolute Gasteiger partial charge is 0.496 e. The molecule has 0 heterocycles. The first-order valence-electron chi connectivity index (χ1n) is 13.0. The van der Waals surface area contributed by atoms with Gasteiger partial charge in [-0.2, -0.15) is 0 Å². The average Bonchev–Trinajstić information content (AvgIpc) is 3.23. The minimum Gasteiger partial charge on any atom is -0.496 e. The summed E-state index contributed by atoms with van der Waals surface area (Å²) in [5, 5.41) is 0. The number of hydrogen-bond donors (Lipinski definition) is 0. The number of Topliss-reactive ketones (excluding diaryl/α,β-unsaturated/α-hetero) is 2. The van der Waals surface area contributed by atoms with Gasteiger partial charge in [-0.3, -0.25) is 9.59 Å². The maximum atomic E-state index is 12.8. The van der Waals surface area contributed by atoms with Crippen molar-refractivity contribution in [2.75, 3.05) is 20.2 Å². The number of nitrogens with zero attached hydrogens (tertiary/aromatic N) is 1. The SMILES string of the molecule is CCCN(CCCCC1C(=O)CC2(CCCC2)CC1=O)[C@H]1CCc2cccc(O[11CH3])c2C1. The molecule has 2 saturated carbocycles. The number of rotatable bonds is 9. The lowest BCUT2D eigenvalue weighted by Crippen LogP contribution is -2.41. The molecule has 0 saturated heterocycles. The van der Waals surface area contributed by atoms with Gasteiger partial charge < -0.3 is 9.64 Å². The molecule has 0 bridgehead atoms. The van der Waals surface area contributed by atoms with Crippen LogP contribution in [0, 0.1) is 11.3 Å². The van der Waals surface area contributed by atoms with E-state index in [1.54, 1.807) is 7.11 Å². The number of ether oxygens (including phenoxy) is 1. The van der Waals surface area contributed by atoms with Crippen molar-refractivity contribution in [1.29, 1.82) is 0 Å². The third-order valence-corrected chi connectivity index (χ3v) is 8.39. The van der Waals surface area contributed by atoms with E-state index in [4.69, 9.17) is 4.74 Å². The van der Waals surface area contributed by atoms with Crippen LogP contribution in [0.3, 0.4) is 0 Å². The summed E-state index contributed by atoms with van der Waals surface area (Å²) in [6.07, 6.45) is 13.2. The molecular weight excluding hydrogens is 397 g/mol. The number of unbranched alkanes of at least 4 members (excludes halogenated alkanes) is 1. The van der Waals surface area contributed by atoms with Crippen LogP contribution in [0.5, 0.6) is 5.75 Å². The Morgan fingerprint density at radius 1 is 1.06 bits per heavy atom. The normalized spacial score (nSPS) is 23.2. The zero-order chi connectivity index (χ0) is 22.6. The van der Waals surface area contributed by atoms with Crippen molar-refractivity contribution in [3.63, 3.8) is 0 Å². The summed E-state index contributed by atoms with van der Waals surface area (Å²) < 4.78 is 5.64. The molecule has 1 aromatic rings. The van der Waals surface area contributed by atoms with Crippen LogP contribution in [0.15, 0.2) is 18.2 Å². The van der Waals surface area contributed by atoms with Gasteiger partial charge in [0.25, 0.3) is 0 Å². The molecule has 0 aromatic heterocycles. The van der Waals surface area contributed by atoms with Crippen LogP contribution in [-0.2, 0) is 22.4 Å². The van der Waals surface area contributed by atoms with Crippen molar-refractivity contribution in [3.05, 3.63) is 29.3 Å². The molecule has 4 heteroatoms. The second-order valence-corrected chi connectivity index (χ2v) is 10.6. The maximum Gasteiger partial charge on any atom is 0.143 e. The molecule has 2 fully saturated rings. The average molecular weight is 439 g/mol. The second-order valence-electron chi connectivity index (χ2n) is 10.6. The van der Waals surface area contributed by atoms with Crippen molar-refractivity contribution < 1.29 is 14.3 Å². The van der Waals surface area contributed by atoms with E-state index in [-0.39, 0.29) is 22.9 Å². The van der Waals surface area contributed by atoms with Crippen molar-refractivity contribution in [3.8, 4) is 5.75 Å². The standard InChI is InChI=1S/C28H41NO3/c1-3-16-29(22-13-12-21-9-8-11-27(32-2)24(21)18-22)17-7-4-10-23-25(30)19-28(20-26(23)31)14-5-6-15-28/h8-9,11,22-23H,3-7,10,12-20H2,1-2H3/t22-/m0/s1/i2-1. The van der Waals surface area contributed by atoms with Gasteiger partial charge >= 0.3 is 0 Å². The number of methoxy groups -OCH3 is 1. The van der Waals surface area contributed by atoms with Gasteiger partial charge in [-0.15, -0.1) is 0 Å². The second kappa shape index (κ2) is 10.5. The van der Waals surface area contributed by atoms with E-state index < -0.39 is 0 Å². The van der Waals surface area contributed by atoms with Gasteiger partial charge in [0, 0.05) is 18.9 Å². The van der Waals surface area contributed by atoms with Crippen molar-refractivity contribution >= 4 is 11.6 Å². The Bertz CT molecular complexity index is 777. The van der Waals surface area contributed by atoms with Gasteiger partial charge in [0.15, 0.2) is 0 Å². The lowest BCUT2D eigenvalue weighted by Gasteiger charge is -2.36. The molecule has 176 valence electrons. The molecule has 1 atom stereocenters. The lowest BCUT2D eigenvalue weighted by molar-refractivity contribution is -0.140. The highest BCUT2D eigenvalue weighted by Gasteiger charge is 2.45. The van der Waals surface area contributed by atoms with E-state index >= 15 is 0 Å². The number of fused-ring (bicyclic) bond motifs is 1. The number of carbonyl (C=O) groups is 2. The van der Waals surface area contributed by atoms with Gasteiger partial charge in [-0.1, -0.05) is 38.3 Å². The number of hydrogen-bond acceptors (Lipinski definition) is 4. The molecule has 1 spiro atoms. The maximum absolute atomic E-state index is 12.8. The van der Waals surface area contributed by atoms with Crippen LogP contribution in [-0.4, -0.2) is 42.7 Å². The Balaban J connectivity index is 1.28. The Morgan fingerprint density at radius 3 is 2.50 bits per heavy atom. The van der Waals surface area contributed by atoms with Gasteiger partial charge in [-0.05, 0) is 87.1 Å². The zero-order valence-electron chi connectivity index (χ0n) is 20.2. The van der Waals surface area contributed by atoms with Crippen LogP contribution in [0.25, 0.3) is 0 Å². The third kappa shape index (κ3) is 5.11. The van der Waals surface area contributed by atoms with Crippen LogP contribution < -0.4 is 4.74 Å². The third-order valence-electron chi connectivity index (χ3n) is 8.39. The van der Waals surface area contributed by atoms with Crippen molar-refractivity contribution in [1.82, 2.24) is 4.90 Å². The summed E-state index contributed by atoms with van der Waals surface area (Å²) in [6.45, 7) is 4.42. The van der Waals surface area contributed by atoms with Crippen LogP contribution in [0.1, 0.15) is 88.7 Å². The van der Waals surface area contributed by atoms with Crippen LogP contribution in [0.4, 0.5) is 0 Å². The quantitative estimate of drug-likeness (QED) is 0.375. The predicted octanol–water partition coefficient (Wildman–Crippen LogP) is 5.54. The summed E-state index contributed by atoms with van der Waals surface area (Å²) in [5.74, 6) is 1.19. The minimum atomic E-state index is -0.313. The highest BCUT2D eigenvalue weighted by Crippen LogP contribution is 2.48. The summed E-state index contributed by atoms with van der Waals surface area (Å²) in [7, 11) is 1.77. The monoisotopic (exact) mass is 438 g/mol.